The van der Waals surface area contributed by atoms with Crippen molar-refractivity contribution in [1.82, 2.24) is 23.2 Å². The highest BCUT2D eigenvalue weighted by Crippen LogP contribution is 2.25. The summed E-state index contributed by atoms with van der Waals surface area (Å²) in [6.45, 7) is 4.62. The molecule has 5 rings (SSSR count). The number of amides is 1. The van der Waals surface area contributed by atoms with E-state index in [0.717, 1.165) is 54.9 Å². The van der Waals surface area contributed by atoms with E-state index >= 15 is 0 Å². The third-order valence-electron chi connectivity index (χ3n) is 5.87. The lowest BCUT2D eigenvalue weighted by Crippen LogP contribution is -2.39. The Kier molecular flexibility index (Phi) is 6.82. The number of imidazole rings is 1. The predicted octanol–water partition coefficient (Wildman–Crippen LogP) is 3.06. The minimum absolute atomic E-state index is 0.0950. The highest BCUT2D eigenvalue weighted by molar-refractivity contribution is 7.00. The van der Waals surface area contributed by atoms with Gasteiger partial charge in [0.05, 0.1) is 22.8 Å². The van der Waals surface area contributed by atoms with Crippen molar-refractivity contribution in [1.29, 1.82) is 0 Å². The Labute approximate surface area is 198 Å². The zero-order valence-electron chi connectivity index (χ0n) is 18.4. The number of para-hydroxylation sites is 2. The van der Waals surface area contributed by atoms with Crippen molar-refractivity contribution in [2.45, 2.75) is 26.3 Å². The number of likely N-dealkylation sites (tertiary alicyclic amines) is 1. The largest absolute Gasteiger partial charge is 0.473 e. The van der Waals surface area contributed by atoms with Crippen LogP contribution in [0.15, 0.2) is 42.5 Å². The maximum Gasteiger partial charge on any atom is 0.414 e. The van der Waals surface area contributed by atoms with Gasteiger partial charge in [-0.05, 0) is 56.0 Å². The average molecular weight is 482 g/mol. The molecule has 11 heteroatoms. The molecule has 0 saturated carbocycles. The Morgan fingerprint density at radius 2 is 1.65 bits per heavy atom. The molecule has 0 spiro atoms. The van der Waals surface area contributed by atoms with Gasteiger partial charge in [-0.1, -0.05) is 12.1 Å². The van der Waals surface area contributed by atoms with Gasteiger partial charge in [0.2, 0.25) is 0 Å². The number of carboxylic acid groups (broad SMARTS) is 2. The number of rotatable bonds is 3. The molecule has 1 saturated heterocycles. The third kappa shape index (κ3) is 5.04. The summed E-state index contributed by atoms with van der Waals surface area (Å²) in [7, 11) is 0. The number of carbonyl (C=O) groups excluding carboxylic acids is 1. The smallest absolute Gasteiger partial charge is 0.414 e. The van der Waals surface area contributed by atoms with E-state index in [9.17, 15) is 4.79 Å². The molecular formula is C23H23N5O5S. The lowest BCUT2D eigenvalue weighted by molar-refractivity contribution is -0.159. The number of piperidine rings is 1. The van der Waals surface area contributed by atoms with Crippen LogP contribution < -0.4 is 0 Å². The molecule has 1 aliphatic rings. The minimum atomic E-state index is -1.82. The second kappa shape index (κ2) is 9.96. The van der Waals surface area contributed by atoms with Crippen molar-refractivity contribution >= 4 is 51.6 Å². The lowest BCUT2D eigenvalue weighted by Gasteiger charge is -2.32. The topological polar surface area (TPSA) is 139 Å². The van der Waals surface area contributed by atoms with Crippen molar-refractivity contribution in [3.05, 3.63) is 53.9 Å². The van der Waals surface area contributed by atoms with Gasteiger partial charge in [0, 0.05) is 25.2 Å². The third-order valence-corrected chi connectivity index (χ3v) is 6.43. The SMILES string of the molecule is Cc1nc2ccccc2n1CC1CCN(C(=O)c2ccc3nsnc3c2)CC1.O=C(O)C(=O)O. The van der Waals surface area contributed by atoms with Crippen LogP contribution in [0, 0.1) is 12.8 Å². The van der Waals surface area contributed by atoms with Crippen LogP contribution in [0.25, 0.3) is 22.1 Å². The predicted molar refractivity (Wildman–Crippen MR) is 126 cm³/mol. The van der Waals surface area contributed by atoms with E-state index in [1.165, 1.54) is 17.2 Å². The molecule has 2 aromatic heterocycles. The van der Waals surface area contributed by atoms with E-state index in [0.29, 0.717) is 11.5 Å². The van der Waals surface area contributed by atoms with E-state index in [4.69, 9.17) is 19.8 Å². The normalized spacial score (nSPS) is 14.1. The summed E-state index contributed by atoms with van der Waals surface area (Å²) in [5.41, 5.74) is 4.61. The number of carbonyl (C=O) groups is 3. The fraction of sp³-hybridized carbons (Fsp3) is 0.304. The average Bonchev–Trinajstić information content (AvgIpc) is 3.43. The summed E-state index contributed by atoms with van der Waals surface area (Å²) >= 11 is 1.18. The number of aliphatic carboxylic acids is 2. The van der Waals surface area contributed by atoms with Crippen molar-refractivity contribution in [2.75, 3.05) is 13.1 Å². The molecule has 1 amide bonds. The van der Waals surface area contributed by atoms with Crippen molar-refractivity contribution in [3.8, 4) is 0 Å². The number of benzene rings is 2. The molecule has 0 radical (unpaired) electrons. The molecule has 0 unspecified atom stereocenters. The van der Waals surface area contributed by atoms with Crippen LogP contribution in [0.3, 0.4) is 0 Å². The summed E-state index contributed by atoms with van der Waals surface area (Å²) in [4.78, 5) is 37.7. The van der Waals surface area contributed by atoms with Gasteiger partial charge in [-0.25, -0.2) is 14.6 Å². The molecular weight excluding hydrogens is 458 g/mol. The van der Waals surface area contributed by atoms with E-state index < -0.39 is 11.9 Å². The van der Waals surface area contributed by atoms with Crippen LogP contribution in [0.5, 0.6) is 0 Å². The van der Waals surface area contributed by atoms with Crippen LogP contribution in [0.4, 0.5) is 0 Å². The summed E-state index contributed by atoms with van der Waals surface area (Å²) in [5, 5.41) is 14.8. The van der Waals surface area contributed by atoms with E-state index in [1.54, 1.807) is 0 Å². The summed E-state index contributed by atoms with van der Waals surface area (Å²) < 4.78 is 10.8. The molecule has 1 fully saturated rings. The van der Waals surface area contributed by atoms with Crippen LogP contribution in [-0.4, -0.2) is 64.3 Å². The van der Waals surface area contributed by atoms with Crippen molar-refractivity contribution < 1.29 is 24.6 Å². The molecule has 3 heterocycles. The van der Waals surface area contributed by atoms with Crippen molar-refractivity contribution in [2.24, 2.45) is 5.92 Å². The molecule has 2 N–H and O–H groups in total. The molecule has 2 aromatic carbocycles. The molecule has 176 valence electrons. The van der Waals surface area contributed by atoms with Gasteiger partial charge in [-0.15, -0.1) is 0 Å². The molecule has 0 bridgehead atoms. The molecule has 0 atom stereocenters. The zero-order chi connectivity index (χ0) is 24.2. The number of nitrogens with zero attached hydrogens (tertiary/aromatic N) is 5. The van der Waals surface area contributed by atoms with E-state index in [-0.39, 0.29) is 5.91 Å². The van der Waals surface area contributed by atoms with Crippen LogP contribution in [-0.2, 0) is 16.1 Å². The fourth-order valence-corrected chi connectivity index (χ4v) is 4.62. The first-order valence-corrected chi connectivity index (χ1v) is 11.5. The lowest BCUT2D eigenvalue weighted by atomic mass is 9.96. The summed E-state index contributed by atoms with van der Waals surface area (Å²) in [6, 6.07) is 13.9. The first-order valence-electron chi connectivity index (χ1n) is 10.7. The van der Waals surface area contributed by atoms with Crippen LogP contribution in [0.2, 0.25) is 0 Å². The molecule has 34 heavy (non-hydrogen) atoms. The Morgan fingerprint density at radius 3 is 2.35 bits per heavy atom. The summed E-state index contributed by atoms with van der Waals surface area (Å²) in [5.74, 6) is -1.93. The molecule has 0 aliphatic carbocycles. The number of aryl methyl sites for hydroxylation is 1. The minimum Gasteiger partial charge on any atom is -0.473 e. The number of aromatic nitrogens is 4. The Morgan fingerprint density at radius 1 is 0.971 bits per heavy atom. The van der Waals surface area contributed by atoms with Crippen LogP contribution >= 0.6 is 11.7 Å². The monoisotopic (exact) mass is 481 g/mol. The molecule has 10 nitrogen and oxygen atoms in total. The standard InChI is InChI=1S/C21H21N5OS.C2H2O4/c1-14-22-18-4-2-3-5-20(18)26(14)13-15-8-10-25(11-9-15)21(27)16-6-7-17-19(12-16)24-28-23-17;3-1(4)2(5)6/h2-7,12,15H,8-11,13H2,1H3;(H,3,4)(H,5,6). The summed E-state index contributed by atoms with van der Waals surface area (Å²) in [6.07, 6.45) is 2.02. The Balaban J connectivity index is 0.000000408. The van der Waals surface area contributed by atoms with Crippen molar-refractivity contribution in [3.63, 3.8) is 0 Å². The van der Waals surface area contributed by atoms with Gasteiger partial charge < -0.3 is 19.7 Å². The first kappa shape index (κ1) is 23.3. The Bertz CT molecular complexity index is 1340. The van der Waals surface area contributed by atoms with Gasteiger partial charge >= 0.3 is 11.9 Å². The highest BCUT2D eigenvalue weighted by Gasteiger charge is 2.25. The maximum absolute atomic E-state index is 12.9. The van der Waals surface area contributed by atoms with Gasteiger partial charge in [0.15, 0.2) is 0 Å². The highest BCUT2D eigenvalue weighted by atomic mass is 32.1. The zero-order valence-corrected chi connectivity index (χ0v) is 19.2. The molecule has 4 aromatic rings. The van der Waals surface area contributed by atoms with E-state index in [1.807, 2.05) is 29.2 Å². The first-order chi connectivity index (χ1) is 16.3. The maximum atomic E-state index is 12.9. The number of fused-ring (bicyclic) bond motifs is 2. The molecule has 1 aliphatic heterocycles. The second-order valence-electron chi connectivity index (χ2n) is 8.07. The van der Waals surface area contributed by atoms with Crippen LogP contribution in [0.1, 0.15) is 29.0 Å². The fourth-order valence-electron chi connectivity index (χ4n) is 4.10. The Hall–Kier alpha value is -3.86. The van der Waals surface area contributed by atoms with E-state index in [2.05, 4.69) is 43.4 Å². The quantitative estimate of drug-likeness (QED) is 0.426. The van der Waals surface area contributed by atoms with Gasteiger partial charge in [-0.2, -0.15) is 8.75 Å². The van der Waals surface area contributed by atoms with Gasteiger partial charge in [0.25, 0.3) is 5.91 Å². The van der Waals surface area contributed by atoms with Gasteiger partial charge in [0.1, 0.15) is 16.9 Å². The van der Waals surface area contributed by atoms with Gasteiger partial charge in [-0.3, -0.25) is 4.79 Å². The number of hydrogen-bond acceptors (Lipinski definition) is 7. The number of carboxylic acids is 2. The number of hydrogen-bond donors (Lipinski definition) is 2. The second-order valence-corrected chi connectivity index (χ2v) is 8.60.